The number of pyridine rings is 1. The van der Waals surface area contributed by atoms with Gasteiger partial charge in [-0.25, -0.2) is 4.98 Å². The topological polar surface area (TPSA) is 63.7 Å². The normalized spacial score (nSPS) is 22.9. The number of hydrogen-bond donors (Lipinski definition) is 1. The molecule has 3 heterocycles. The molecule has 1 aromatic heterocycles. The van der Waals surface area contributed by atoms with Gasteiger partial charge in [0.2, 0.25) is 0 Å². The summed E-state index contributed by atoms with van der Waals surface area (Å²) in [5.74, 6) is 0.537. The van der Waals surface area contributed by atoms with E-state index in [0.717, 1.165) is 12.8 Å². The molecule has 126 valence electrons. The zero-order valence-electron chi connectivity index (χ0n) is 12.6. The standard InChI is InChI=1S/C15H19Cl2N3O3/c16-10-7-12(17)14(18-8-10)20-3-6-23-13(9-20)15(21)19-11-1-4-22-5-2-11/h7-8,11,13H,1-6,9H2,(H,19,21). The van der Waals surface area contributed by atoms with Crippen molar-refractivity contribution in [2.24, 2.45) is 0 Å². The van der Waals surface area contributed by atoms with Gasteiger partial charge in [-0.1, -0.05) is 23.2 Å². The lowest BCUT2D eigenvalue weighted by Crippen LogP contribution is -2.52. The summed E-state index contributed by atoms with van der Waals surface area (Å²) >= 11 is 12.1. The van der Waals surface area contributed by atoms with Crippen molar-refractivity contribution in [3.63, 3.8) is 0 Å². The number of rotatable bonds is 3. The van der Waals surface area contributed by atoms with Gasteiger partial charge >= 0.3 is 0 Å². The quantitative estimate of drug-likeness (QED) is 0.892. The molecule has 1 atom stereocenters. The average molecular weight is 360 g/mol. The Kier molecular flexibility index (Phi) is 5.58. The first-order chi connectivity index (χ1) is 11.1. The lowest BCUT2D eigenvalue weighted by atomic mass is 10.1. The number of carbonyl (C=O) groups excluding carboxylic acids is 1. The highest BCUT2D eigenvalue weighted by molar-refractivity contribution is 6.36. The van der Waals surface area contributed by atoms with Crippen LogP contribution in [0.4, 0.5) is 5.82 Å². The molecule has 1 unspecified atom stereocenters. The van der Waals surface area contributed by atoms with Crippen molar-refractivity contribution < 1.29 is 14.3 Å². The first-order valence-electron chi connectivity index (χ1n) is 7.69. The van der Waals surface area contributed by atoms with Crippen LogP contribution in [0.25, 0.3) is 0 Å². The van der Waals surface area contributed by atoms with Gasteiger partial charge in [0.1, 0.15) is 5.82 Å². The number of anilines is 1. The number of aromatic nitrogens is 1. The first kappa shape index (κ1) is 16.8. The number of hydrogen-bond acceptors (Lipinski definition) is 5. The molecule has 0 radical (unpaired) electrons. The lowest BCUT2D eigenvalue weighted by molar-refractivity contribution is -0.134. The summed E-state index contributed by atoms with van der Waals surface area (Å²) in [5, 5.41) is 4.00. The van der Waals surface area contributed by atoms with Crippen LogP contribution >= 0.6 is 23.2 Å². The Bertz CT molecular complexity index is 567. The van der Waals surface area contributed by atoms with Gasteiger partial charge in [0.15, 0.2) is 6.10 Å². The van der Waals surface area contributed by atoms with E-state index in [4.69, 9.17) is 32.7 Å². The minimum Gasteiger partial charge on any atom is -0.381 e. The molecule has 2 aliphatic rings. The lowest BCUT2D eigenvalue weighted by Gasteiger charge is -2.34. The molecule has 23 heavy (non-hydrogen) atoms. The van der Waals surface area contributed by atoms with Gasteiger partial charge in [0, 0.05) is 32.0 Å². The number of nitrogens with one attached hydrogen (secondary N) is 1. The van der Waals surface area contributed by atoms with E-state index in [0.29, 0.717) is 48.8 Å². The molecule has 2 fully saturated rings. The molecule has 0 bridgehead atoms. The number of morpholine rings is 1. The Morgan fingerprint density at radius 3 is 2.83 bits per heavy atom. The Balaban J connectivity index is 1.62. The fourth-order valence-corrected chi connectivity index (χ4v) is 3.28. The van der Waals surface area contributed by atoms with Gasteiger partial charge in [-0.3, -0.25) is 4.79 Å². The molecular weight excluding hydrogens is 341 g/mol. The SMILES string of the molecule is O=C(NC1CCOCC1)C1CN(c2ncc(Cl)cc2Cl)CCO1. The van der Waals surface area contributed by atoms with Gasteiger partial charge in [-0.15, -0.1) is 0 Å². The molecule has 1 amide bonds. The van der Waals surface area contributed by atoms with Gasteiger partial charge in [-0.2, -0.15) is 0 Å². The fraction of sp³-hybridized carbons (Fsp3) is 0.600. The molecule has 1 aromatic rings. The number of carbonyl (C=O) groups is 1. The smallest absolute Gasteiger partial charge is 0.251 e. The summed E-state index contributed by atoms with van der Waals surface area (Å²) in [6.45, 7) is 2.88. The van der Waals surface area contributed by atoms with E-state index < -0.39 is 6.10 Å². The summed E-state index contributed by atoms with van der Waals surface area (Å²) < 4.78 is 10.9. The van der Waals surface area contributed by atoms with Crippen LogP contribution in [0.15, 0.2) is 12.3 Å². The maximum atomic E-state index is 12.4. The predicted octanol–water partition coefficient (Wildman–Crippen LogP) is 1.89. The van der Waals surface area contributed by atoms with Crippen LogP contribution in [0.5, 0.6) is 0 Å². The Morgan fingerprint density at radius 2 is 2.09 bits per heavy atom. The van der Waals surface area contributed by atoms with E-state index in [9.17, 15) is 4.79 Å². The van der Waals surface area contributed by atoms with Crippen molar-refractivity contribution in [1.29, 1.82) is 0 Å². The molecule has 6 nitrogen and oxygen atoms in total. The van der Waals surface area contributed by atoms with Crippen LogP contribution in [-0.4, -0.2) is 55.9 Å². The van der Waals surface area contributed by atoms with E-state index in [1.807, 2.05) is 4.90 Å². The molecule has 0 aliphatic carbocycles. The number of ether oxygens (including phenoxy) is 2. The van der Waals surface area contributed by atoms with Crippen LogP contribution < -0.4 is 10.2 Å². The third-order valence-corrected chi connectivity index (χ3v) is 4.50. The van der Waals surface area contributed by atoms with Crippen molar-refractivity contribution in [3.8, 4) is 0 Å². The highest BCUT2D eigenvalue weighted by Gasteiger charge is 2.30. The second-order valence-electron chi connectivity index (χ2n) is 5.66. The van der Waals surface area contributed by atoms with Crippen LogP contribution in [0.2, 0.25) is 10.0 Å². The van der Waals surface area contributed by atoms with Crippen LogP contribution in [0.1, 0.15) is 12.8 Å². The van der Waals surface area contributed by atoms with Gasteiger partial charge in [0.25, 0.3) is 5.91 Å². The number of amides is 1. The third kappa shape index (κ3) is 4.26. The summed E-state index contributed by atoms with van der Waals surface area (Å²) in [5.41, 5.74) is 0. The molecule has 3 rings (SSSR count). The van der Waals surface area contributed by atoms with Crippen LogP contribution in [-0.2, 0) is 14.3 Å². The second kappa shape index (κ2) is 7.66. The minimum absolute atomic E-state index is 0.0910. The Hall–Kier alpha value is -1.08. The number of halogens is 2. The summed E-state index contributed by atoms with van der Waals surface area (Å²) in [6, 6.07) is 1.81. The van der Waals surface area contributed by atoms with E-state index in [-0.39, 0.29) is 11.9 Å². The molecule has 2 saturated heterocycles. The van der Waals surface area contributed by atoms with Crippen molar-refractivity contribution >= 4 is 34.9 Å². The second-order valence-corrected chi connectivity index (χ2v) is 6.50. The van der Waals surface area contributed by atoms with Crippen molar-refractivity contribution in [1.82, 2.24) is 10.3 Å². The maximum Gasteiger partial charge on any atom is 0.251 e. The highest BCUT2D eigenvalue weighted by atomic mass is 35.5. The Labute approximate surface area is 145 Å². The van der Waals surface area contributed by atoms with Crippen LogP contribution in [0.3, 0.4) is 0 Å². The van der Waals surface area contributed by atoms with E-state index in [2.05, 4.69) is 10.3 Å². The van der Waals surface area contributed by atoms with E-state index in [1.54, 1.807) is 12.3 Å². The Morgan fingerprint density at radius 1 is 1.30 bits per heavy atom. The fourth-order valence-electron chi connectivity index (χ4n) is 2.78. The van der Waals surface area contributed by atoms with Crippen LogP contribution in [0, 0.1) is 0 Å². The predicted molar refractivity (Wildman–Crippen MR) is 88.2 cm³/mol. The summed E-state index contributed by atoms with van der Waals surface area (Å²) in [7, 11) is 0. The molecule has 1 N–H and O–H groups in total. The maximum absolute atomic E-state index is 12.4. The first-order valence-corrected chi connectivity index (χ1v) is 8.45. The van der Waals surface area contributed by atoms with Crippen molar-refractivity contribution in [3.05, 3.63) is 22.3 Å². The zero-order valence-corrected chi connectivity index (χ0v) is 14.1. The highest BCUT2D eigenvalue weighted by Crippen LogP contribution is 2.27. The summed E-state index contributed by atoms with van der Waals surface area (Å²) in [6.07, 6.45) is 2.70. The zero-order chi connectivity index (χ0) is 16.2. The van der Waals surface area contributed by atoms with E-state index in [1.165, 1.54) is 0 Å². The molecular formula is C15H19Cl2N3O3. The monoisotopic (exact) mass is 359 g/mol. The molecule has 0 spiro atoms. The molecule has 8 heteroatoms. The number of nitrogens with zero attached hydrogens (tertiary/aromatic N) is 2. The van der Waals surface area contributed by atoms with E-state index >= 15 is 0 Å². The van der Waals surface area contributed by atoms with Gasteiger partial charge < -0.3 is 19.7 Å². The van der Waals surface area contributed by atoms with Gasteiger partial charge in [0.05, 0.1) is 23.2 Å². The van der Waals surface area contributed by atoms with Crippen molar-refractivity contribution in [2.45, 2.75) is 25.0 Å². The van der Waals surface area contributed by atoms with Crippen molar-refractivity contribution in [2.75, 3.05) is 37.8 Å². The molecule has 0 saturated carbocycles. The van der Waals surface area contributed by atoms with Gasteiger partial charge in [-0.05, 0) is 18.9 Å². The average Bonchev–Trinajstić information content (AvgIpc) is 2.56. The third-order valence-electron chi connectivity index (χ3n) is 4.01. The largest absolute Gasteiger partial charge is 0.381 e. The minimum atomic E-state index is -0.528. The molecule has 2 aliphatic heterocycles. The summed E-state index contributed by atoms with van der Waals surface area (Å²) in [4.78, 5) is 18.6. The molecule has 0 aromatic carbocycles.